The largest absolute Gasteiger partial charge is 0.497 e. The highest BCUT2D eigenvalue weighted by atomic mass is 32.2. The number of nitrogens with zero attached hydrogens (tertiary/aromatic N) is 2. The van der Waals surface area contributed by atoms with Crippen LogP contribution < -0.4 is 10.1 Å². The molecular formula is C18H25N3O4S. The van der Waals surface area contributed by atoms with E-state index in [1.807, 2.05) is 25.2 Å². The number of aromatic nitrogens is 1. The number of methoxy groups -OCH3 is 1. The molecule has 0 saturated carbocycles. The van der Waals surface area contributed by atoms with Gasteiger partial charge in [-0.25, -0.2) is 8.42 Å². The maximum atomic E-state index is 12.2. The summed E-state index contributed by atoms with van der Waals surface area (Å²) in [4.78, 5) is 0. The van der Waals surface area contributed by atoms with E-state index in [0.717, 1.165) is 27.9 Å². The maximum Gasteiger partial charge on any atom is 0.213 e. The van der Waals surface area contributed by atoms with Gasteiger partial charge in [0.15, 0.2) is 0 Å². The Kier molecular flexibility index (Phi) is 4.07. The Morgan fingerprint density at radius 1 is 1.38 bits per heavy atom. The second-order valence-electron chi connectivity index (χ2n) is 7.27. The predicted molar refractivity (Wildman–Crippen MR) is 100 cm³/mol. The van der Waals surface area contributed by atoms with Gasteiger partial charge in [-0.15, -0.1) is 0 Å². The summed E-state index contributed by atoms with van der Waals surface area (Å²) in [7, 11) is 0.445. The van der Waals surface area contributed by atoms with Crippen LogP contribution in [0.2, 0.25) is 0 Å². The van der Waals surface area contributed by atoms with Crippen molar-refractivity contribution in [2.24, 2.45) is 7.05 Å². The molecule has 2 aliphatic rings. The van der Waals surface area contributed by atoms with Gasteiger partial charge in [-0.2, -0.15) is 4.31 Å². The van der Waals surface area contributed by atoms with E-state index in [1.165, 1.54) is 0 Å². The summed E-state index contributed by atoms with van der Waals surface area (Å²) in [5.41, 5.74) is 2.98. The maximum absolute atomic E-state index is 12.2. The number of nitrogens with one attached hydrogen (secondary N) is 1. The summed E-state index contributed by atoms with van der Waals surface area (Å²) in [6.45, 7) is 3.29. The van der Waals surface area contributed by atoms with Crippen molar-refractivity contribution in [1.82, 2.24) is 14.2 Å². The van der Waals surface area contributed by atoms with Crippen LogP contribution in [0, 0.1) is 0 Å². The number of aryl methyl sites for hydroxylation is 1. The van der Waals surface area contributed by atoms with E-state index in [1.54, 1.807) is 18.3 Å². The van der Waals surface area contributed by atoms with Gasteiger partial charge in [0.25, 0.3) is 0 Å². The molecule has 2 aliphatic heterocycles. The molecule has 2 aromatic rings. The van der Waals surface area contributed by atoms with Crippen molar-refractivity contribution < 1.29 is 18.3 Å². The van der Waals surface area contributed by atoms with Gasteiger partial charge in [0.05, 0.1) is 31.0 Å². The molecule has 0 aliphatic carbocycles. The molecule has 0 radical (unpaired) electrons. The molecule has 1 spiro atoms. The van der Waals surface area contributed by atoms with E-state index in [9.17, 15) is 13.5 Å². The molecule has 8 heteroatoms. The zero-order chi connectivity index (χ0) is 18.7. The van der Waals surface area contributed by atoms with E-state index in [-0.39, 0.29) is 23.8 Å². The quantitative estimate of drug-likeness (QED) is 0.818. The second-order valence-corrected chi connectivity index (χ2v) is 9.52. The Morgan fingerprint density at radius 3 is 2.73 bits per heavy atom. The number of sulfonamides is 1. The van der Waals surface area contributed by atoms with Crippen molar-refractivity contribution in [3.8, 4) is 5.75 Å². The SMILES string of the molecule is CCS(=O)(=O)N1CC2(CN[C@@H](CO)c3c2c2ccc(OC)cc2n3C)C1. The normalized spacial score (nSPS) is 22.4. The number of benzene rings is 1. The van der Waals surface area contributed by atoms with Crippen molar-refractivity contribution in [2.45, 2.75) is 18.4 Å². The molecule has 2 N–H and O–H groups in total. The van der Waals surface area contributed by atoms with Crippen molar-refractivity contribution in [3.63, 3.8) is 0 Å². The third-order valence-corrected chi connectivity index (χ3v) is 7.67. The van der Waals surface area contributed by atoms with Gasteiger partial charge in [0.1, 0.15) is 5.75 Å². The molecule has 0 amide bonds. The minimum absolute atomic E-state index is 0.00134. The molecule has 1 fully saturated rings. The first-order valence-electron chi connectivity index (χ1n) is 8.86. The molecule has 3 heterocycles. The third-order valence-electron chi connectivity index (χ3n) is 5.90. The molecule has 1 aromatic carbocycles. The summed E-state index contributed by atoms with van der Waals surface area (Å²) >= 11 is 0. The molecule has 26 heavy (non-hydrogen) atoms. The summed E-state index contributed by atoms with van der Waals surface area (Å²) in [6.07, 6.45) is 0. The van der Waals surface area contributed by atoms with Gasteiger partial charge in [-0.1, -0.05) is 0 Å². The first kappa shape index (κ1) is 17.8. The highest BCUT2D eigenvalue weighted by Crippen LogP contribution is 2.47. The molecule has 4 rings (SSSR count). The van der Waals surface area contributed by atoms with Crippen LogP contribution >= 0.6 is 0 Å². The van der Waals surface area contributed by atoms with Crippen LogP contribution in [-0.4, -0.2) is 61.5 Å². The topological polar surface area (TPSA) is 83.8 Å². The van der Waals surface area contributed by atoms with Crippen molar-refractivity contribution in [2.75, 3.05) is 39.1 Å². The van der Waals surface area contributed by atoms with Crippen LogP contribution in [0.3, 0.4) is 0 Å². The average Bonchev–Trinajstić information content (AvgIpc) is 2.92. The Labute approximate surface area is 153 Å². The minimum Gasteiger partial charge on any atom is -0.497 e. The molecule has 0 bridgehead atoms. The van der Waals surface area contributed by atoms with Crippen LogP contribution in [0.1, 0.15) is 24.2 Å². The van der Waals surface area contributed by atoms with E-state index in [2.05, 4.69) is 9.88 Å². The summed E-state index contributed by atoms with van der Waals surface area (Å²) in [6, 6.07) is 5.82. The molecule has 142 valence electrons. The Hall–Kier alpha value is -1.61. The molecule has 1 saturated heterocycles. The standard InChI is InChI=1S/C18H25N3O4S/c1-4-26(23,24)21-10-18(11-21)9-19-14(8-22)17-16(18)13-6-5-12(25-3)7-15(13)20(17)2/h5-7,14,19,22H,4,8-11H2,1-3H3/t14-/m0/s1. The zero-order valence-corrected chi connectivity index (χ0v) is 16.1. The predicted octanol–water partition coefficient (Wildman–Crippen LogP) is 0.727. The monoisotopic (exact) mass is 379 g/mol. The van der Waals surface area contributed by atoms with E-state index < -0.39 is 10.0 Å². The van der Waals surface area contributed by atoms with Gasteiger partial charge < -0.3 is 19.7 Å². The van der Waals surface area contributed by atoms with Crippen LogP contribution in [0.15, 0.2) is 18.2 Å². The smallest absolute Gasteiger partial charge is 0.213 e. The van der Waals surface area contributed by atoms with E-state index >= 15 is 0 Å². The Balaban J connectivity index is 1.87. The molecular weight excluding hydrogens is 354 g/mol. The fourth-order valence-electron chi connectivity index (χ4n) is 4.46. The lowest BCUT2D eigenvalue weighted by molar-refractivity contribution is 0.121. The van der Waals surface area contributed by atoms with Crippen LogP contribution in [-0.2, 0) is 22.5 Å². The van der Waals surface area contributed by atoms with Gasteiger partial charge in [-0.05, 0) is 24.6 Å². The lowest BCUT2D eigenvalue weighted by Crippen LogP contribution is -2.67. The summed E-state index contributed by atoms with van der Waals surface area (Å²) in [5.74, 6) is 0.900. The van der Waals surface area contributed by atoms with Gasteiger partial charge in [0.2, 0.25) is 10.0 Å². The van der Waals surface area contributed by atoms with Gasteiger partial charge in [-0.3, -0.25) is 0 Å². The van der Waals surface area contributed by atoms with Crippen molar-refractivity contribution in [3.05, 3.63) is 29.5 Å². The summed E-state index contributed by atoms with van der Waals surface area (Å²) in [5, 5.41) is 14.4. The second kappa shape index (κ2) is 5.95. The molecule has 1 aromatic heterocycles. The number of aliphatic hydroxyl groups excluding tert-OH is 1. The highest BCUT2D eigenvalue weighted by molar-refractivity contribution is 7.89. The molecule has 0 unspecified atom stereocenters. The zero-order valence-electron chi connectivity index (χ0n) is 15.3. The first-order chi connectivity index (χ1) is 12.4. The lowest BCUT2D eigenvalue weighted by Gasteiger charge is -2.52. The van der Waals surface area contributed by atoms with Gasteiger partial charge in [0, 0.05) is 49.2 Å². The fraction of sp³-hybridized carbons (Fsp3) is 0.556. The number of ether oxygens (including phenoxy) is 1. The summed E-state index contributed by atoms with van der Waals surface area (Å²) < 4.78 is 33.5. The Morgan fingerprint density at radius 2 is 2.12 bits per heavy atom. The number of fused-ring (bicyclic) bond motifs is 4. The molecule has 7 nitrogen and oxygen atoms in total. The van der Waals surface area contributed by atoms with E-state index in [0.29, 0.717) is 19.6 Å². The van der Waals surface area contributed by atoms with Crippen molar-refractivity contribution in [1.29, 1.82) is 0 Å². The third kappa shape index (κ3) is 2.32. The van der Waals surface area contributed by atoms with Crippen LogP contribution in [0.4, 0.5) is 0 Å². The minimum atomic E-state index is -3.19. The van der Waals surface area contributed by atoms with Crippen LogP contribution in [0.5, 0.6) is 5.75 Å². The highest BCUT2D eigenvalue weighted by Gasteiger charge is 2.53. The average molecular weight is 379 g/mol. The number of hydrogen-bond acceptors (Lipinski definition) is 5. The number of rotatable bonds is 4. The number of hydrogen-bond donors (Lipinski definition) is 2. The fourth-order valence-corrected chi connectivity index (χ4v) is 5.71. The van der Waals surface area contributed by atoms with Crippen molar-refractivity contribution >= 4 is 20.9 Å². The van der Waals surface area contributed by atoms with E-state index in [4.69, 9.17) is 4.74 Å². The van der Waals surface area contributed by atoms with Gasteiger partial charge >= 0.3 is 0 Å². The van der Waals surface area contributed by atoms with Crippen LogP contribution in [0.25, 0.3) is 10.9 Å². The lowest BCUT2D eigenvalue weighted by atomic mass is 9.70. The first-order valence-corrected chi connectivity index (χ1v) is 10.5. The molecule has 1 atom stereocenters. The number of aliphatic hydroxyl groups is 1. The Bertz CT molecular complexity index is 960.